The van der Waals surface area contributed by atoms with Gasteiger partial charge in [-0.15, -0.1) is 0 Å². The number of fused-ring (bicyclic) bond motifs is 2. The molecular weight excluding hydrogens is 320 g/mol. The van der Waals surface area contributed by atoms with E-state index in [1.165, 1.54) is 4.57 Å². The minimum absolute atomic E-state index is 0.0308. The van der Waals surface area contributed by atoms with E-state index in [-0.39, 0.29) is 35.9 Å². The first kappa shape index (κ1) is 15.8. The number of nitrogens with zero attached hydrogens (tertiary/aromatic N) is 3. The molecule has 2 amide bonds. The fourth-order valence-electron chi connectivity index (χ4n) is 3.95. The summed E-state index contributed by atoms with van der Waals surface area (Å²) in [5.74, 6) is 0.299. The Kier molecular flexibility index (Phi) is 3.78. The number of carbonyl (C=O) groups is 2. The van der Waals surface area contributed by atoms with E-state index < -0.39 is 0 Å². The number of likely N-dealkylation sites (tertiary alicyclic amines) is 1. The zero-order chi connectivity index (χ0) is 17.6. The molecule has 0 bridgehead atoms. The maximum atomic E-state index is 12.9. The van der Waals surface area contributed by atoms with Crippen LogP contribution in [0.1, 0.15) is 18.7 Å². The van der Waals surface area contributed by atoms with E-state index in [4.69, 9.17) is 0 Å². The number of para-hydroxylation sites is 1. The zero-order valence-corrected chi connectivity index (χ0v) is 14.1. The minimum atomic E-state index is -0.203. The molecule has 0 radical (unpaired) electrons. The fraction of sp³-hybridized carbons (Fsp3) is 0.444. The molecule has 3 heterocycles. The smallest absolute Gasteiger partial charge is 0.261 e. The second-order valence-corrected chi connectivity index (χ2v) is 6.72. The molecule has 1 aromatic heterocycles. The van der Waals surface area contributed by atoms with Crippen LogP contribution in [0.2, 0.25) is 0 Å². The Morgan fingerprint density at radius 2 is 2.12 bits per heavy atom. The largest absolute Gasteiger partial charge is 0.354 e. The van der Waals surface area contributed by atoms with Gasteiger partial charge in [-0.1, -0.05) is 12.1 Å². The molecule has 2 aromatic rings. The monoisotopic (exact) mass is 340 g/mol. The number of hydrogen-bond donors (Lipinski definition) is 1. The van der Waals surface area contributed by atoms with E-state index in [0.717, 1.165) is 12.8 Å². The third kappa shape index (κ3) is 2.59. The minimum Gasteiger partial charge on any atom is -0.354 e. The molecule has 1 aromatic carbocycles. The first-order valence-corrected chi connectivity index (χ1v) is 8.59. The molecule has 7 heteroatoms. The lowest BCUT2D eigenvalue weighted by Crippen LogP contribution is -2.50. The van der Waals surface area contributed by atoms with Crippen LogP contribution in [0.25, 0.3) is 10.9 Å². The van der Waals surface area contributed by atoms with Gasteiger partial charge in [-0.3, -0.25) is 19.0 Å². The van der Waals surface area contributed by atoms with Crippen LogP contribution in [0.4, 0.5) is 0 Å². The molecule has 0 aliphatic carbocycles. The molecule has 1 N–H and O–H groups in total. The van der Waals surface area contributed by atoms with Crippen molar-refractivity contribution in [2.75, 3.05) is 13.1 Å². The SMILES string of the molecule is Cc1nc2ccccc2c(=O)n1CC(=O)N1CCC[C@H]2C(=O)NC[C@H]21. The number of rotatable bonds is 2. The summed E-state index contributed by atoms with van der Waals surface area (Å²) < 4.78 is 1.43. The lowest BCUT2D eigenvalue weighted by atomic mass is 9.91. The van der Waals surface area contributed by atoms with Gasteiger partial charge in [0.25, 0.3) is 5.56 Å². The molecule has 2 fully saturated rings. The van der Waals surface area contributed by atoms with E-state index in [1.54, 1.807) is 30.0 Å². The van der Waals surface area contributed by atoms with Crippen LogP contribution in [0, 0.1) is 12.8 Å². The highest BCUT2D eigenvalue weighted by molar-refractivity contribution is 5.85. The molecular formula is C18H20N4O3. The molecule has 130 valence electrons. The van der Waals surface area contributed by atoms with Gasteiger partial charge in [0.15, 0.2) is 0 Å². The van der Waals surface area contributed by atoms with Crippen LogP contribution in [0.3, 0.4) is 0 Å². The number of amides is 2. The van der Waals surface area contributed by atoms with E-state index >= 15 is 0 Å². The second-order valence-electron chi connectivity index (χ2n) is 6.72. The lowest BCUT2D eigenvalue weighted by Gasteiger charge is -2.36. The van der Waals surface area contributed by atoms with Crippen molar-refractivity contribution in [2.24, 2.45) is 5.92 Å². The highest BCUT2D eigenvalue weighted by Crippen LogP contribution is 2.27. The van der Waals surface area contributed by atoms with Crippen molar-refractivity contribution in [3.63, 3.8) is 0 Å². The van der Waals surface area contributed by atoms with Gasteiger partial charge >= 0.3 is 0 Å². The van der Waals surface area contributed by atoms with E-state index in [0.29, 0.717) is 29.8 Å². The maximum absolute atomic E-state index is 12.9. The Bertz CT molecular complexity index is 920. The first-order chi connectivity index (χ1) is 12.1. The van der Waals surface area contributed by atoms with E-state index in [9.17, 15) is 14.4 Å². The average molecular weight is 340 g/mol. The second kappa shape index (κ2) is 5.98. The molecule has 0 unspecified atom stereocenters. The molecule has 7 nitrogen and oxygen atoms in total. The Morgan fingerprint density at radius 1 is 1.32 bits per heavy atom. The molecule has 2 saturated heterocycles. The van der Waals surface area contributed by atoms with Gasteiger partial charge in [0.1, 0.15) is 12.4 Å². The van der Waals surface area contributed by atoms with Crippen LogP contribution in [0.5, 0.6) is 0 Å². The summed E-state index contributed by atoms with van der Waals surface area (Å²) in [5, 5.41) is 3.35. The van der Waals surface area contributed by atoms with Crippen LogP contribution < -0.4 is 10.9 Å². The molecule has 2 aliphatic rings. The summed E-state index contributed by atoms with van der Waals surface area (Å²) in [7, 11) is 0. The quantitative estimate of drug-likeness (QED) is 0.860. The summed E-state index contributed by atoms with van der Waals surface area (Å²) in [6.45, 7) is 2.82. The van der Waals surface area contributed by atoms with Crippen LogP contribution >= 0.6 is 0 Å². The summed E-state index contributed by atoms with van der Waals surface area (Å²) in [6.07, 6.45) is 1.63. The predicted octanol–water partition coefficient (Wildman–Crippen LogP) is 0.442. The standard InChI is InChI=1S/C18H20N4O3/c1-11-20-14-7-3-2-5-12(14)18(25)22(11)10-16(23)21-8-4-6-13-15(21)9-19-17(13)24/h2-3,5,7,13,15H,4,6,8-10H2,1H3,(H,19,24)/t13-,15-/m1/s1. The molecule has 0 saturated carbocycles. The normalized spacial score (nSPS) is 22.8. The number of aryl methyl sites for hydroxylation is 1. The molecule has 2 atom stereocenters. The number of nitrogens with one attached hydrogen (secondary N) is 1. The third-order valence-electron chi connectivity index (χ3n) is 5.27. The predicted molar refractivity (Wildman–Crippen MR) is 92.0 cm³/mol. The number of piperidine rings is 1. The number of carbonyl (C=O) groups excluding carboxylic acids is 2. The van der Waals surface area contributed by atoms with E-state index in [2.05, 4.69) is 10.3 Å². The van der Waals surface area contributed by atoms with Crippen molar-refractivity contribution in [2.45, 2.75) is 32.4 Å². The van der Waals surface area contributed by atoms with E-state index in [1.807, 2.05) is 6.07 Å². The van der Waals surface area contributed by atoms with Gasteiger partial charge in [0, 0.05) is 13.1 Å². The molecule has 4 rings (SSSR count). The Hall–Kier alpha value is -2.70. The maximum Gasteiger partial charge on any atom is 0.261 e. The Balaban J connectivity index is 1.64. The third-order valence-corrected chi connectivity index (χ3v) is 5.27. The topological polar surface area (TPSA) is 84.3 Å². The van der Waals surface area contributed by atoms with Gasteiger partial charge < -0.3 is 10.2 Å². The summed E-state index contributed by atoms with van der Waals surface area (Å²) in [6, 6.07) is 7.04. The number of aromatic nitrogens is 2. The van der Waals surface area contributed by atoms with Crippen LogP contribution in [-0.2, 0) is 16.1 Å². The molecule has 25 heavy (non-hydrogen) atoms. The number of hydrogen-bond acceptors (Lipinski definition) is 4. The van der Waals surface area contributed by atoms with Crippen molar-refractivity contribution < 1.29 is 9.59 Å². The highest BCUT2D eigenvalue weighted by atomic mass is 16.2. The van der Waals surface area contributed by atoms with Gasteiger partial charge in [-0.05, 0) is 31.9 Å². The van der Waals surface area contributed by atoms with Crippen molar-refractivity contribution in [3.05, 3.63) is 40.4 Å². The van der Waals surface area contributed by atoms with Gasteiger partial charge in [-0.2, -0.15) is 0 Å². The molecule has 2 aliphatic heterocycles. The Labute approximate surface area is 144 Å². The van der Waals surface area contributed by atoms with Crippen LogP contribution in [-0.4, -0.2) is 45.4 Å². The van der Waals surface area contributed by atoms with Crippen molar-refractivity contribution >= 4 is 22.7 Å². The summed E-state index contributed by atoms with van der Waals surface area (Å²) in [4.78, 5) is 43.7. The van der Waals surface area contributed by atoms with Gasteiger partial charge in [0.2, 0.25) is 11.8 Å². The zero-order valence-electron chi connectivity index (χ0n) is 14.1. The van der Waals surface area contributed by atoms with Gasteiger partial charge in [0.05, 0.1) is 22.9 Å². The van der Waals surface area contributed by atoms with Crippen molar-refractivity contribution in [1.82, 2.24) is 19.8 Å². The Morgan fingerprint density at radius 3 is 2.96 bits per heavy atom. The lowest BCUT2D eigenvalue weighted by molar-refractivity contribution is -0.137. The van der Waals surface area contributed by atoms with Gasteiger partial charge in [-0.25, -0.2) is 4.98 Å². The summed E-state index contributed by atoms with van der Waals surface area (Å²) in [5.41, 5.74) is 0.433. The molecule has 0 spiro atoms. The number of benzene rings is 1. The first-order valence-electron chi connectivity index (χ1n) is 8.59. The van der Waals surface area contributed by atoms with Crippen molar-refractivity contribution in [1.29, 1.82) is 0 Å². The van der Waals surface area contributed by atoms with Crippen LogP contribution in [0.15, 0.2) is 29.1 Å². The average Bonchev–Trinajstić information content (AvgIpc) is 3.00. The van der Waals surface area contributed by atoms with Crippen molar-refractivity contribution in [3.8, 4) is 0 Å². The summed E-state index contributed by atoms with van der Waals surface area (Å²) >= 11 is 0. The fourth-order valence-corrected chi connectivity index (χ4v) is 3.95. The highest BCUT2D eigenvalue weighted by Gasteiger charge is 2.42.